The van der Waals surface area contributed by atoms with Gasteiger partial charge >= 0.3 is 0 Å². The van der Waals surface area contributed by atoms with Gasteiger partial charge < -0.3 is 10.6 Å². The first-order chi connectivity index (χ1) is 13.5. The van der Waals surface area contributed by atoms with Crippen LogP contribution < -0.4 is 10.6 Å². The first kappa shape index (κ1) is 18.2. The fourth-order valence-corrected chi connectivity index (χ4v) is 3.90. The lowest BCUT2D eigenvalue weighted by Gasteiger charge is -2.22. The Morgan fingerprint density at radius 2 is 2.04 bits per heavy atom. The van der Waals surface area contributed by atoms with Gasteiger partial charge in [0.1, 0.15) is 12.7 Å². The van der Waals surface area contributed by atoms with E-state index in [1.54, 1.807) is 23.1 Å². The van der Waals surface area contributed by atoms with E-state index in [1.165, 1.54) is 18.1 Å². The number of fused-ring (bicyclic) bond motifs is 1. The number of nitrogens with zero attached hydrogens (tertiary/aromatic N) is 3. The molecular weight excluding hydrogens is 374 g/mol. The van der Waals surface area contributed by atoms with E-state index in [-0.39, 0.29) is 23.1 Å². The van der Waals surface area contributed by atoms with Gasteiger partial charge in [-0.2, -0.15) is 5.10 Å². The summed E-state index contributed by atoms with van der Waals surface area (Å²) in [5.41, 5.74) is 3.08. The largest absolute Gasteiger partial charge is 0.346 e. The Morgan fingerprint density at radius 3 is 2.75 bits per heavy atom. The number of hydrogen-bond acceptors (Lipinski definition) is 5. The van der Waals surface area contributed by atoms with Crippen molar-refractivity contribution in [3.63, 3.8) is 0 Å². The molecule has 0 unspecified atom stereocenters. The van der Waals surface area contributed by atoms with Crippen LogP contribution in [0.5, 0.6) is 0 Å². The lowest BCUT2D eigenvalue weighted by Crippen LogP contribution is -2.28. The van der Waals surface area contributed by atoms with Gasteiger partial charge in [-0.15, -0.1) is 11.8 Å². The Kier molecular flexibility index (Phi) is 4.87. The number of carbonyl (C=O) groups is 2. The molecule has 2 atom stereocenters. The molecule has 0 fully saturated rings. The van der Waals surface area contributed by atoms with E-state index in [9.17, 15) is 9.59 Å². The molecule has 7 nitrogen and oxygen atoms in total. The van der Waals surface area contributed by atoms with Gasteiger partial charge in [0.25, 0.3) is 5.91 Å². The minimum absolute atomic E-state index is 0.0455. The summed E-state index contributed by atoms with van der Waals surface area (Å²) in [5.74, 6) is -0.232. The van der Waals surface area contributed by atoms with Gasteiger partial charge in [-0.05, 0) is 49.7 Å². The van der Waals surface area contributed by atoms with Crippen molar-refractivity contribution in [2.75, 3.05) is 5.32 Å². The third kappa shape index (κ3) is 3.63. The van der Waals surface area contributed by atoms with E-state index < -0.39 is 0 Å². The minimum atomic E-state index is -0.187. The summed E-state index contributed by atoms with van der Waals surface area (Å²) in [4.78, 5) is 29.4. The molecule has 142 valence electrons. The zero-order valence-corrected chi connectivity index (χ0v) is 16.2. The number of thioether (sulfide) groups is 1. The Hall–Kier alpha value is -3.13. The fraction of sp³-hybridized carbons (Fsp3) is 0.200. The molecule has 8 heteroatoms. The molecule has 2 amide bonds. The van der Waals surface area contributed by atoms with Crippen LogP contribution in [0.25, 0.3) is 5.69 Å². The predicted molar refractivity (Wildman–Crippen MR) is 108 cm³/mol. The molecule has 2 heterocycles. The maximum atomic E-state index is 12.7. The van der Waals surface area contributed by atoms with Crippen molar-refractivity contribution in [3.05, 3.63) is 66.2 Å². The fourth-order valence-electron chi connectivity index (χ4n) is 2.97. The number of amides is 2. The van der Waals surface area contributed by atoms with E-state index in [1.807, 2.05) is 44.2 Å². The summed E-state index contributed by atoms with van der Waals surface area (Å²) in [6, 6.07) is 13.0. The number of anilines is 1. The zero-order chi connectivity index (χ0) is 19.7. The van der Waals surface area contributed by atoms with Crippen molar-refractivity contribution in [1.82, 2.24) is 20.1 Å². The van der Waals surface area contributed by atoms with E-state index in [0.717, 1.165) is 16.1 Å². The number of hydrogen-bond donors (Lipinski definition) is 2. The number of benzene rings is 2. The molecule has 0 saturated carbocycles. The van der Waals surface area contributed by atoms with Crippen LogP contribution in [-0.2, 0) is 4.79 Å². The molecule has 28 heavy (non-hydrogen) atoms. The molecule has 3 aromatic rings. The second-order valence-corrected chi connectivity index (χ2v) is 7.97. The van der Waals surface area contributed by atoms with Gasteiger partial charge in [0.2, 0.25) is 5.91 Å². The van der Waals surface area contributed by atoms with Crippen LogP contribution in [0.1, 0.15) is 35.8 Å². The minimum Gasteiger partial charge on any atom is -0.346 e. The monoisotopic (exact) mass is 393 g/mol. The number of carbonyl (C=O) groups excluding carboxylic acids is 2. The zero-order valence-electron chi connectivity index (χ0n) is 15.4. The number of aromatic nitrogens is 3. The highest BCUT2D eigenvalue weighted by molar-refractivity contribution is 8.00. The van der Waals surface area contributed by atoms with E-state index in [0.29, 0.717) is 11.3 Å². The van der Waals surface area contributed by atoms with Crippen LogP contribution in [0.2, 0.25) is 0 Å². The molecule has 0 spiro atoms. The number of rotatable bonds is 4. The summed E-state index contributed by atoms with van der Waals surface area (Å²) in [5, 5.41) is 9.82. The first-order valence-electron chi connectivity index (χ1n) is 8.88. The Balaban J connectivity index is 1.46. The Bertz CT molecular complexity index is 1020. The molecule has 0 saturated heterocycles. The molecule has 4 rings (SSSR count). The van der Waals surface area contributed by atoms with E-state index in [2.05, 4.69) is 20.7 Å². The third-order valence-corrected chi connectivity index (χ3v) is 5.77. The van der Waals surface area contributed by atoms with E-state index >= 15 is 0 Å². The van der Waals surface area contributed by atoms with E-state index in [4.69, 9.17) is 0 Å². The normalized spacial score (nSPS) is 16.8. The topological polar surface area (TPSA) is 88.9 Å². The van der Waals surface area contributed by atoms with Gasteiger partial charge in [0.15, 0.2) is 0 Å². The number of nitrogens with one attached hydrogen (secondary N) is 2. The van der Waals surface area contributed by atoms with Crippen molar-refractivity contribution in [3.8, 4) is 5.69 Å². The van der Waals surface area contributed by atoms with Crippen LogP contribution in [0.4, 0.5) is 5.69 Å². The Morgan fingerprint density at radius 1 is 1.25 bits per heavy atom. The average Bonchev–Trinajstić information content (AvgIpc) is 3.23. The molecule has 2 aromatic carbocycles. The molecule has 1 aliphatic heterocycles. The predicted octanol–water partition coefficient (Wildman–Crippen LogP) is 3.19. The van der Waals surface area contributed by atoms with Crippen LogP contribution in [0.3, 0.4) is 0 Å². The van der Waals surface area contributed by atoms with Crippen LogP contribution in [-0.4, -0.2) is 31.8 Å². The summed E-state index contributed by atoms with van der Waals surface area (Å²) in [6.45, 7) is 3.79. The van der Waals surface area contributed by atoms with Gasteiger partial charge in [-0.1, -0.05) is 12.1 Å². The molecule has 0 bridgehead atoms. The highest BCUT2D eigenvalue weighted by Crippen LogP contribution is 2.36. The maximum Gasteiger partial charge on any atom is 0.251 e. The summed E-state index contributed by atoms with van der Waals surface area (Å²) < 4.78 is 1.67. The van der Waals surface area contributed by atoms with Gasteiger partial charge in [-0.25, -0.2) is 9.67 Å². The standard InChI is InChI=1S/C20H19N5O2S/c1-12(14-3-6-16(7-4-14)25-11-21-10-22-25)23-20(27)15-5-8-18-17(9-15)24-19(26)13(2)28-18/h3-13H,1-2H3,(H,23,27)(H,24,26)/t12-,13-/m1/s1. The second kappa shape index (κ2) is 7.47. The third-order valence-electron chi connectivity index (χ3n) is 4.60. The van der Waals surface area contributed by atoms with Gasteiger partial charge in [0, 0.05) is 10.5 Å². The summed E-state index contributed by atoms with van der Waals surface area (Å²) in [6.07, 6.45) is 3.12. The summed E-state index contributed by atoms with van der Waals surface area (Å²) in [7, 11) is 0. The van der Waals surface area contributed by atoms with Crippen molar-refractivity contribution >= 4 is 29.3 Å². The highest BCUT2D eigenvalue weighted by atomic mass is 32.2. The average molecular weight is 393 g/mol. The quantitative estimate of drug-likeness (QED) is 0.711. The lowest BCUT2D eigenvalue weighted by molar-refractivity contribution is -0.115. The van der Waals surface area contributed by atoms with Crippen molar-refractivity contribution < 1.29 is 9.59 Å². The summed E-state index contributed by atoms with van der Waals surface area (Å²) >= 11 is 1.50. The van der Waals surface area contributed by atoms with Crippen molar-refractivity contribution in [2.24, 2.45) is 0 Å². The molecule has 0 aliphatic carbocycles. The van der Waals surface area contributed by atoms with Crippen molar-refractivity contribution in [2.45, 2.75) is 30.0 Å². The molecule has 1 aromatic heterocycles. The first-order valence-corrected chi connectivity index (χ1v) is 9.76. The van der Waals surface area contributed by atoms with Gasteiger partial charge in [-0.3, -0.25) is 9.59 Å². The smallest absolute Gasteiger partial charge is 0.251 e. The van der Waals surface area contributed by atoms with Crippen LogP contribution in [0.15, 0.2) is 60.0 Å². The van der Waals surface area contributed by atoms with Gasteiger partial charge in [0.05, 0.1) is 22.7 Å². The molecule has 1 aliphatic rings. The highest BCUT2D eigenvalue weighted by Gasteiger charge is 2.24. The SMILES string of the molecule is C[C@H]1Sc2ccc(C(=O)N[C@H](C)c3ccc(-n4cncn4)cc3)cc2NC1=O. The van der Waals surface area contributed by atoms with Crippen molar-refractivity contribution in [1.29, 1.82) is 0 Å². The molecular formula is C20H19N5O2S. The van der Waals surface area contributed by atoms with Crippen LogP contribution >= 0.6 is 11.8 Å². The lowest BCUT2D eigenvalue weighted by atomic mass is 10.1. The Labute approximate surface area is 166 Å². The van der Waals surface area contributed by atoms with Crippen LogP contribution in [0, 0.1) is 0 Å². The second-order valence-electron chi connectivity index (χ2n) is 6.59. The molecule has 2 N–H and O–H groups in total. The molecule has 0 radical (unpaired) electrons. The maximum absolute atomic E-state index is 12.7.